The van der Waals surface area contributed by atoms with E-state index in [0.29, 0.717) is 32.1 Å². The first kappa shape index (κ1) is 93.7. The molecule has 0 aromatic rings. The van der Waals surface area contributed by atoms with Crippen LogP contribution in [0.1, 0.15) is 310 Å². The topological polar surface area (TPSA) is 237 Å². The first-order valence-electron chi connectivity index (χ1n) is 38.1. The van der Waals surface area contributed by atoms with Gasteiger partial charge in [0.2, 0.25) is 0 Å². The van der Waals surface area contributed by atoms with Crippen molar-refractivity contribution in [2.45, 2.75) is 329 Å². The minimum absolute atomic E-state index is 0.0339. The second kappa shape index (κ2) is 71.1. The highest BCUT2D eigenvalue weighted by molar-refractivity contribution is 7.47. The van der Waals surface area contributed by atoms with Crippen LogP contribution in [0.3, 0.4) is 0 Å². The lowest BCUT2D eigenvalue weighted by Crippen LogP contribution is -2.30. The number of rotatable bonds is 71. The molecule has 0 aliphatic rings. The van der Waals surface area contributed by atoms with E-state index in [2.05, 4.69) is 119 Å². The van der Waals surface area contributed by atoms with E-state index < -0.39 is 97.5 Å². The van der Waals surface area contributed by atoms with Crippen molar-refractivity contribution in [1.82, 2.24) is 0 Å². The number of hydrogen-bond acceptors (Lipinski definition) is 15. The molecule has 3 N–H and O–H groups in total. The number of carbonyl (C=O) groups excluding carboxylic acids is 4. The lowest BCUT2D eigenvalue weighted by atomic mass is 10.0. The van der Waals surface area contributed by atoms with Gasteiger partial charge in [-0.15, -0.1) is 0 Å². The lowest BCUT2D eigenvalue weighted by molar-refractivity contribution is -0.161. The van der Waals surface area contributed by atoms with Crippen LogP contribution in [0.2, 0.25) is 0 Å². The summed E-state index contributed by atoms with van der Waals surface area (Å²) in [4.78, 5) is 72.8. The Bertz CT molecular complexity index is 2290. The Morgan fingerprint density at radius 1 is 0.296 bits per heavy atom. The number of aliphatic hydroxyl groups is 1. The Hall–Kier alpha value is -4.28. The fourth-order valence-electron chi connectivity index (χ4n) is 9.93. The lowest BCUT2D eigenvalue weighted by Gasteiger charge is -2.21. The molecule has 19 heteroatoms. The third kappa shape index (κ3) is 70.2. The van der Waals surface area contributed by atoms with Crippen molar-refractivity contribution in [3.63, 3.8) is 0 Å². The van der Waals surface area contributed by atoms with Crippen molar-refractivity contribution >= 4 is 39.5 Å². The van der Waals surface area contributed by atoms with Gasteiger partial charge in [0.1, 0.15) is 19.3 Å². The second-order valence-corrected chi connectivity index (χ2v) is 28.1. The molecule has 0 fully saturated rings. The minimum atomic E-state index is -4.99. The van der Waals surface area contributed by atoms with E-state index in [1.54, 1.807) is 0 Å². The van der Waals surface area contributed by atoms with Gasteiger partial charge in [0.15, 0.2) is 12.2 Å². The van der Waals surface area contributed by atoms with Crippen LogP contribution in [0.5, 0.6) is 0 Å². The van der Waals surface area contributed by atoms with E-state index in [1.807, 2.05) is 18.2 Å². The van der Waals surface area contributed by atoms with Gasteiger partial charge in [0.05, 0.1) is 26.4 Å². The Kier molecular flexibility index (Phi) is 68.0. The number of aliphatic hydroxyl groups excluding tert-OH is 1. The van der Waals surface area contributed by atoms with Gasteiger partial charge in [-0.05, 0) is 116 Å². The van der Waals surface area contributed by atoms with Crippen molar-refractivity contribution < 1.29 is 80.2 Å². The normalized spacial score (nSPS) is 14.6. The third-order valence-electron chi connectivity index (χ3n) is 15.7. The monoisotopic (exact) mass is 1420 g/mol. The van der Waals surface area contributed by atoms with Crippen LogP contribution in [0.4, 0.5) is 0 Å². The van der Waals surface area contributed by atoms with Gasteiger partial charge in [-0.3, -0.25) is 37.3 Å². The molecule has 0 aliphatic carbocycles. The Morgan fingerprint density at radius 3 is 0.939 bits per heavy atom. The number of allylic oxidation sites excluding steroid dienone is 18. The third-order valence-corrected chi connectivity index (χ3v) is 17.6. The van der Waals surface area contributed by atoms with Gasteiger partial charge in [-0.1, -0.05) is 278 Å². The molecule has 0 saturated carbocycles. The second-order valence-electron chi connectivity index (χ2n) is 25.2. The van der Waals surface area contributed by atoms with Gasteiger partial charge in [0.25, 0.3) is 0 Å². The van der Waals surface area contributed by atoms with Crippen LogP contribution in [-0.2, 0) is 65.4 Å². The van der Waals surface area contributed by atoms with Crippen LogP contribution in [-0.4, -0.2) is 96.7 Å². The molecule has 5 atom stereocenters. The minimum Gasteiger partial charge on any atom is -0.462 e. The maximum Gasteiger partial charge on any atom is 0.472 e. The molecule has 0 spiro atoms. The van der Waals surface area contributed by atoms with Crippen LogP contribution < -0.4 is 0 Å². The summed E-state index contributed by atoms with van der Waals surface area (Å²) in [5.41, 5.74) is 0. The molecule has 564 valence electrons. The van der Waals surface area contributed by atoms with Crippen molar-refractivity contribution in [3.8, 4) is 0 Å². The van der Waals surface area contributed by atoms with Gasteiger partial charge in [-0.25, -0.2) is 9.13 Å². The molecule has 17 nitrogen and oxygen atoms in total. The largest absolute Gasteiger partial charge is 0.472 e. The zero-order valence-electron chi connectivity index (χ0n) is 61.4. The molecule has 0 radical (unpaired) electrons. The SMILES string of the molecule is CC/C=C\C/C=C\C/C=C\C/C=C\C/C=C\C/C=C\CCC(=O)OCC(COP(=O)(O)OCC(O)COP(=O)(O)OCC(COC(=O)CCCCCCC/C=C\C/C=C\CCC)OC(=O)CCCCCCCCCCCCCCC)OC(=O)CCCCCCC/C=C\CCCCCC. The van der Waals surface area contributed by atoms with E-state index >= 15 is 0 Å². The van der Waals surface area contributed by atoms with E-state index in [0.717, 1.165) is 148 Å². The molecule has 0 amide bonds. The molecular formula is C79H136O17P2. The molecule has 0 bridgehead atoms. The van der Waals surface area contributed by atoms with Crippen molar-refractivity contribution in [2.24, 2.45) is 0 Å². The van der Waals surface area contributed by atoms with Crippen molar-refractivity contribution in [1.29, 1.82) is 0 Å². The standard InChI is InChI=1S/C79H136O17P2/c1-5-9-13-17-21-25-29-33-34-35-36-37-38-42-44-48-52-56-60-64-77(82)90-70-75(96-79(84)66-62-58-54-50-46-41-32-28-24-20-16-12-8-4)72-94-98(87,88)92-68-73(80)67-91-97(85,86)93-71-74(95-78(83)65-61-57-53-49-45-40-31-27-23-19-15-11-7-3)69-89-76(81)63-59-55-51-47-43-39-30-26-22-18-14-10-6-2/h9,13-14,18,21,25-26,28,30,32-34,36-37,42,44,52,56,73-75,80H,5-8,10-12,15-17,19-20,22-24,27,29,31,35,38-41,43,45-51,53-55,57-72H2,1-4H3,(H,85,86)(H,87,88)/b13-9-,18-14-,25-21-,30-26-,32-28-,34-33-,37-36-,44-42-,56-52-. The van der Waals surface area contributed by atoms with E-state index in [4.69, 9.17) is 37.0 Å². The molecular weight excluding hydrogens is 1280 g/mol. The maximum atomic E-state index is 13.1. The fourth-order valence-corrected chi connectivity index (χ4v) is 11.5. The number of esters is 4. The van der Waals surface area contributed by atoms with Crippen LogP contribution in [0.15, 0.2) is 109 Å². The summed E-state index contributed by atoms with van der Waals surface area (Å²) in [6, 6.07) is 0. The first-order valence-corrected chi connectivity index (χ1v) is 41.1. The highest BCUT2D eigenvalue weighted by Gasteiger charge is 2.30. The number of phosphoric acid groups is 2. The molecule has 0 aliphatic heterocycles. The van der Waals surface area contributed by atoms with E-state index in [1.165, 1.54) is 77.0 Å². The number of ether oxygens (including phenoxy) is 4. The number of phosphoric ester groups is 2. The summed E-state index contributed by atoms with van der Waals surface area (Å²) >= 11 is 0. The van der Waals surface area contributed by atoms with E-state index in [9.17, 15) is 43.2 Å². The molecule has 0 heterocycles. The van der Waals surface area contributed by atoms with Gasteiger partial charge in [-0.2, -0.15) is 0 Å². The Morgan fingerprint density at radius 2 is 0.571 bits per heavy atom. The number of unbranched alkanes of at least 4 members (excludes halogenated alkanes) is 27. The van der Waals surface area contributed by atoms with Gasteiger partial charge < -0.3 is 33.8 Å². The maximum absolute atomic E-state index is 13.1. The average Bonchev–Trinajstić information content (AvgIpc) is 0.966. The zero-order valence-corrected chi connectivity index (χ0v) is 63.2. The van der Waals surface area contributed by atoms with E-state index in [-0.39, 0.29) is 25.7 Å². The summed E-state index contributed by atoms with van der Waals surface area (Å²) in [6.07, 6.45) is 75.2. The average molecular weight is 1420 g/mol. The number of carbonyl (C=O) groups is 4. The molecule has 0 rings (SSSR count). The van der Waals surface area contributed by atoms with Crippen LogP contribution >= 0.6 is 15.6 Å². The van der Waals surface area contributed by atoms with Crippen LogP contribution in [0, 0.1) is 0 Å². The Balaban J connectivity index is 5.40. The quantitative estimate of drug-likeness (QED) is 0.0169. The molecule has 0 saturated heterocycles. The summed E-state index contributed by atoms with van der Waals surface area (Å²) in [6.45, 7) is 4.58. The summed E-state index contributed by atoms with van der Waals surface area (Å²) < 4.78 is 68.3. The smallest absolute Gasteiger partial charge is 0.462 e. The van der Waals surface area contributed by atoms with Gasteiger partial charge in [0, 0.05) is 25.7 Å². The van der Waals surface area contributed by atoms with Crippen LogP contribution in [0.25, 0.3) is 0 Å². The highest BCUT2D eigenvalue weighted by Crippen LogP contribution is 2.45. The first-order chi connectivity index (χ1) is 47.7. The van der Waals surface area contributed by atoms with Gasteiger partial charge >= 0.3 is 39.5 Å². The predicted octanol–water partition coefficient (Wildman–Crippen LogP) is 21.8. The Labute approximate surface area is 594 Å². The zero-order chi connectivity index (χ0) is 71.8. The molecule has 5 unspecified atom stereocenters. The predicted molar refractivity (Wildman–Crippen MR) is 399 cm³/mol. The van der Waals surface area contributed by atoms with Crippen molar-refractivity contribution in [3.05, 3.63) is 109 Å². The summed E-state index contributed by atoms with van der Waals surface area (Å²) in [5.74, 6) is -2.29. The fraction of sp³-hybridized carbons (Fsp3) is 0.722. The van der Waals surface area contributed by atoms with Crippen molar-refractivity contribution in [2.75, 3.05) is 39.6 Å². The number of hydrogen-bond donors (Lipinski definition) is 3. The molecule has 0 aromatic carbocycles. The summed E-state index contributed by atoms with van der Waals surface area (Å²) in [7, 11) is -9.97. The summed E-state index contributed by atoms with van der Waals surface area (Å²) in [5, 5.41) is 10.6. The molecule has 98 heavy (non-hydrogen) atoms. The molecule has 0 aromatic heterocycles. The highest BCUT2D eigenvalue weighted by atomic mass is 31.2.